The number of anilines is 1. The van der Waals surface area contributed by atoms with E-state index < -0.39 is 0 Å². The average molecular weight is 444 g/mol. The third kappa shape index (κ3) is 4.90. The fourth-order valence-corrected chi connectivity index (χ4v) is 3.94. The van der Waals surface area contributed by atoms with Crippen LogP contribution in [0, 0.1) is 0 Å². The van der Waals surface area contributed by atoms with E-state index in [0.29, 0.717) is 13.0 Å². The van der Waals surface area contributed by atoms with Gasteiger partial charge in [-0.3, -0.25) is 4.79 Å². The molecule has 3 nitrogen and oxygen atoms in total. The maximum absolute atomic E-state index is 11.4. The van der Waals surface area contributed by atoms with E-state index in [0.717, 1.165) is 19.1 Å². The van der Waals surface area contributed by atoms with Crippen molar-refractivity contribution >= 4 is 59.4 Å². The Morgan fingerprint density at radius 2 is 1.89 bits per heavy atom. The van der Waals surface area contributed by atoms with Crippen molar-refractivity contribution in [2.75, 3.05) is 11.9 Å². The summed E-state index contributed by atoms with van der Waals surface area (Å²) < 4.78 is 7.76. The van der Waals surface area contributed by atoms with Crippen molar-refractivity contribution in [3.8, 4) is 0 Å². The molecule has 0 spiro atoms. The lowest BCUT2D eigenvalue weighted by Crippen LogP contribution is -2.21. The zero-order valence-electron chi connectivity index (χ0n) is 10.1. The number of nitrogens with one attached hydrogen (secondary N) is 1. The van der Waals surface area contributed by atoms with E-state index in [-0.39, 0.29) is 12.0 Å². The first-order chi connectivity index (χ1) is 8.43. The van der Waals surface area contributed by atoms with Crippen LogP contribution in [-0.2, 0) is 9.53 Å². The van der Waals surface area contributed by atoms with Crippen LogP contribution < -0.4 is 5.32 Å². The summed E-state index contributed by atoms with van der Waals surface area (Å²) in [5.41, 5.74) is 0.926. The van der Waals surface area contributed by atoms with Crippen LogP contribution in [0.2, 0.25) is 0 Å². The van der Waals surface area contributed by atoms with Crippen LogP contribution in [0.5, 0.6) is 0 Å². The fourth-order valence-electron chi connectivity index (χ4n) is 1.45. The lowest BCUT2D eigenvalue weighted by Gasteiger charge is -2.17. The molecule has 0 aliphatic heterocycles. The molecule has 1 N–H and O–H groups in total. The van der Waals surface area contributed by atoms with E-state index in [1.54, 1.807) is 6.92 Å². The van der Waals surface area contributed by atoms with Crippen LogP contribution in [0.1, 0.15) is 20.3 Å². The first kappa shape index (κ1) is 16.0. The number of rotatable bonds is 5. The monoisotopic (exact) mass is 441 g/mol. The van der Waals surface area contributed by atoms with Gasteiger partial charge in [0.2, 0.25) is 0 Å². The van der Waals surface area contributed by atoms with E-state index >= 15 is 0 Å². The predicted octanol–water partition coefficient (Wildman–Crippen LogP) is 4.73. The van der Waals surface area contributed by atoms with E-state index in [2.05, 4.69) is 53.1 Å². The molecule has 0 aliphatic carbocycles. The highest BCUT2D eigenvalue weighted by molar-refractivity contribution is 9.11. The largest absolute Gasteiger partial charge is 0.466 e. The smallest absolute Gasteiger partial charge is 0.307 e. The van der Waals surface area contributed by atoms with Crippen molar-refractivity contribution in [3.63, 3.8) is 0 Å². The molecule has 0 aromatic heterocycles. The maximum Gasteiger partial charge on any atom is 0.307 e. The van der Waals surface area contributed by atoms with Gasteiger partial charge in [-0.25, -0.2) is 0 Å². The van der Waals surface area contributed by atoms with Crippen molar-refractivity contribution in [1.82, 2.24) is 0 Å². The van der Waals surface area contributed by atoms with Gasteiger partial charge in [0, 0.05) is 19.5 Å². The van der Waals surface area contributed by atoms with Crippen molar-refractivity contribution in [2.24, 2.45) is 0 Å². The Kier molecular flexibility index (Phi) is 6.66. The van der Waals surface area contributed by atoms with Gasteiger partial charge in [-0.2, -0.15) is 0 Å². The highest BCUT2D eigenvalue weighted by Crippen LogP contribution is 2.34. The van der Waals surface area contributed by atoms with Gasteiger partial charge in [0.25, 0.3) is 0 Å². The Morgan fingerprint density at radius 1 is 1.33 bits per heavy atom. The van der Waals surface area contributed by atoms with Crippen molar-refractivity contribution < 1.29 is 9.53 Å². The molecular formula is C12H14Br3NO2. The number of esters is 1. The molecule has 1 aromatic carbocycles. The van der Waals surface area contributed by atoms with Gasteiger partial charge in [-0.1, -0.05) is 15.9 Å². The summed E-state index contributed by atoms with van der Waals surface area (Å²) in [7, 11) is 0. The fraction of sp³-hybridized carbons (Fsp3) is 0.417. The summed E-state index contributed by atoms with van der Waals surface area (Å²) in [6, 6.07) is 3.90. The zero-order valence-corrected chi connectivity index (χ0v) is 14.9. The molecule has 0 heterocycles. The minimum atomic E-state index is -0.193. The third-order valence-electron chi connectivity index (χ3n) is 2.18. The predicted molar refractivity (Wildman–Crippen MR) is 83.9 cm³/mol. The lowest BCUT2D eigenvalue weighted by molar-refractivity contribution is -0.143. The molecule has 6 heteroatoms. The Labute approximate surface area is 132 Å². The topological polar surface area (TPSA) is 38.3 Å². The van der Waals surface area contributed by atoms with E-state index in [9.17, 15) is 4.79 Å². The van der Waals surface area contributed by atoms with Crippen LogP contribution >= 0.6 is 47.8 Å². The minimum Gasteiger partial charge on any atom is -0.466 e. The minimum absolute atomic E-state index is 0.00201. The van der Waals surface area contributed by atoms with Gasteiger partial charge in [0.15, 0.2) is 0 Å². The van der Waals surface area contributed by atoms with Gasteiger partial charge in [0.1, 0.15) is 0 Å². The van der Waals surface area contributed by atoms with E-state index in [1.165, 1.54) is 0 Å². The van der Waals surface area contributed by atoms with Crippen LogP contribution in [0.15, 0.2) is 25.6 Å². The summed E-state index contributed by atoms with van der Waals surface area (Å²) >= 11 is 10.4. The zero-order chi connectivity index (χ0) is 13.7. The Balaban J connectivity index is 2.70. The molecule has 1 aromatic rings. The van der Waals surface area contributed by atoms with E-state index in [4.69, 9.17) is 4.74 Å². The second-order valence-corrected chi connectivity index (χ2v) is 6.42. The summed E-state index contributed by atoms with van der Waals surface area (Å²) in [5.74, 6) is -0.193. The molecule has 1 atom stereocenters. The molecule has 0 saturated heterocycles. The van der Waals surface area contributed by atoms with Crippen LogP contribution in [0.4, 0.5) is 5.69 Å². The average Bonchev–Trinajstić information content (AvgIpc) is 2.23. The molecule has 1 rings (SSSR count). The number of hydrogen-bond acceptors (Lipinski definition) is 3. The van der Waals surface area contributed by atoms with Gasteiger partial charge in [0.05, 0.1) is 18.7 Å². The quantitative estimate of drug-likeness (QED) is 0.669. The maximum atomic E-state index is 11.4. The molecule has 0 fully saturated rings. The van der Waals surface area contributed by atoms with E-state index in [1.807, 2.05) is 19.1 Å². The SMILES string of the molecule is CCOC(=O)CC(C)Nc1c(Br)cc(Br)cc1Br. The molecule has 0 aliphatic rings. The molecule has 18 heavy (non-hydrogen) atoms. The Morgan fingerprint density at radius 3 is 2.39 bits per heavy atom. The highest BCUT2D eigenvalue weighted by atomic mass is 79.9. The molecule has 1 unspecified atom stereocenters. The Bertz CT molecular complexity index is 414. The summed E-state index contributed by atoms with van der Waals surface area (Å²) in [6.45, 7) is 4.16. The number of halogens is 3. The van der Waals surface area contributed by atoms with Crippen molar-refractivity contribution in [2.45, 2.75) is 26.3 Å². The van der Waals surface area contributed by atoms with Gasteiger partial charge in [-0.15, -0.1) is 0 Å². The standard InChI is InChI=1S/C12H14Br3NO2/c1-3-18-11(17)4-7(2)16-12-9(14)5-8(13)6-10(12)15/h5-7,16H,3-4H2,1-2H3. The molecule has 100 valence electrons. The summed E-state index contributed by atoms with van der Waals surface area (Å²) in [4.78, 5) is 11.4. The Hall–Kier alpha value is -0.0700. The number of benzene rings is 1. The molecular weight excluding hydrogens is 430 g/mol. The van der Waals surface area contributed by atoms with Crippen molar-refractivity contribution in [1.29, 1.82) is 0 Å². The lowest BCUT2D eigenvalue weighted by atomic mass is 10.2. The molecule has 0 amide bonds. The van der Waals surface area contributed by atoms with Gasteiger partial charge >= 0.3 is 5.97 Å². The first-order valence-corrected chi connectivity index (χ1v) is 7.88. The van der Waals surface area contributed by atoms with Crippen molar-refractivity contribution in [3.05, 3.63) is 25.6 Å². The normalized spacial score (nSPS) is 12.1. The molecule has 0 saturated carbocycles. The van der Waals surface area contributed by atoms with Gasteiger partial charge < -0.3 is 10.1 Å². The number of carbonyl (C=O) groups excluding carboxylic acids is 1. The highest BCUT2D eigenvalue weighted by Gasteiger charge is 2.13. The third-order valence-corrected chi connectivity index (χ3v) is 3.88. The van der Waals surface area contributed by atoms with Gasteiger partial charge in [-0.05, 0) is 57.8 Å². The molecule has 0 bridgehead atoms. The van der Waals surface area contributed by atoms with Crippen LogP contribution in [-0.4, -0.2) is 18.6 Å². The van der Waals surface area contributed by atoms with Crippen LogP contribution in [0.3, 0.4) is 0 Å². The number of hydrogen-bond donors (Lipinski definition) is 1. The van der Waals surface area contributed by atoms with Crippen LogP contribution in [0.25, 0.3) is 0 Å². The number of ether oxygens (including phenoxy) is 1. The summed E-state index contributed by atoms with van der Waals surface area (Å²) in [5, 5.41) is 3.28. The second-order valence-electron chi connectivity index (χ2n) is 3.80. The second kappa shape index (κ2) is 7.50. The number of carbonyl (C=O) groups is 1. The first-order valence-electron chi connectivity index (χ1n) is 5.50. The summed E-state index contributed by atoms with van der Waals surface area (Å²) in [6.07, 6.45) is 0.336. The molecule has 0 radical (unpaired) electrons.